The Balaban J connectivity index is 1.96. The molecule has 21 heavy (non-hydrogen) atoms. The lowest BCUT2D eigenvalue weighted by Gasteiger charge is -2.20. The van der Waals surface area contributed by atoms with Gasteiger partial charge in [0, 0.05) is 18.7 Å². The number of hydrogen-bond donors (Lipinski definition) is 2. The zero-order valence-electron chi connectivity index (χ0n) is 12.5. The molecule has 1 heterocycles. The SMILES string of the molecule is CC1CCCN(C(=O)Cc2ccc(C(N)=NO)cc2)CC1. The predicted molar refractivity (Wildman–Crippen MR) is 82.3 cm³/mol. The van der Waals surface area contributed by atoms with E-state index in [9.17, 15) is 4.79 Å². The monoisotopic (exact) mass is 289 g/mol. The number of carbonyl (C=O) groups excluding carboxylic acids is 1. The second-order valence-corrected chi connectivity index (χ2v) is 5.78. The third kappa shape index (κ3) is 4.21. The summed E-state index contributed by atoms with van der Waals surface area (Å²) >= 11 is 0. The molecule has 1 unspecified atom stereocenters. The van der Waals surface area contributed by atoms with Gasteiger partial charge in [-0.2, -0.15) is 0 Å². The van der Waals surface area contributed by atoms with Gasteiger partial charge in [-0.05, 0) is 30.7 Å². The summed E-state index contributed by atoms with van der Waals surface area (Å²) in [5.41, 5.74) is 7.12. The number of rotatable bonds is 3. The van der Waals surface area contributed by atoms with Crippen LogP contribution in [0, 0.1) is 5.92 Å². The molecule has 114 valence electrons. The standard InChI is InChI=1S/C16H23N3O2/c1-12-3-2-9-19(10-8-12)15(20)11-13-4-6-14(7-5-13)16(17)18-21/h4-7,12,21H,2-3,8-11H2,1H3,(H2,17,18). The van der Waals surface area contributed by atoms with Crippen molar-refractivity contribution in [3.05, 3.63) is 35.4 Å². The molecule has 0 aliphatic carbocycles. The van der Waals surface area contributed by atoms with Crippen molar-refractivity contribution < 1.29 is 10.0 Å². The lowest BCUT2D eigenvalue weighted by molar-refractivity contribution is -0.130. The molecule has 3 N–H and O–H groups in total. The molecule has 1 amide bonds. The molecule has 5 nitrogen and oxygen atoms in total. The molecule has 5 heteroatoms. The van der Waals surface area contributed by atoms with Gasteiger partial charge >= 0.3 is 0 Å². The normalized spacial score (nSPS) is 20.1. The number of likely N-dealkylation sites (tertiary alicyclic amines) is 1. The van der Waals surface area contributed by atoms with E-state index in [1.165, 1.54) is 6.42 Å². The van der Waals surface area contributed by atoms with Crippen LogP contribution in [0.1, 0.15) is 37.3 Å². The topological polar surface area (TPSA) is 78.9 Å². The van der Waals surface area contributed by atoms with Gasteiger partial charge in [0.2, 0.25) is 5.91 Å². The molecule has 0 spiro atoms. The van der Waals surface area contributed by atoms with E-state index in [1.54, 1.807) is 12.1 Å². The highest BCUT2D eigenvalue weighted by Crippen LogP contribution is 2.17. The molecule has 1 aromatic rings. The van der Waals surface area contributed by atoms with Gasteiger partial charge in [0.15, 0.2) is 5.84 Å². The molecule has 0 saturated carbocycles. The van der Waals surface area contributed by atoms with Crippen molar-refractivity contribution in [1.82, 2.24) is 4.90 Å². The molecule has 1 aliphatic rings. The predicted octanol–water partition coefficient (Wildman–Crippen LogP) is 1.97. The molecule has 0 radical (unpaired) electrons. The minimum atomic E-state index is 0.0781. The van der Waals surface area contributed by atoms with Gasteiger partial charge in [0.05, 0.1) is 6.42 Å². The second-order valence-electron chi connectivity index (χ2n) is 5.78. The molecule has 1 aromatic carbocycles. The van der Waals surface area contributed by atoms with Crippen LogP contribution < -0.4 is 5.73 Å². The molecule has 0 bridgehead atoms. The fourth-order valence-electron chi connectivity index (χ4n) is 2.65. The summed E-state index contributed by atoms with van der Waals surface area (Å²) in [5, 5.41) is 11.6. The van der Waals surface area contributed by atoms with Crippen molar-refractivity contribution in [3.8, 4) is 0 Å². The summed E-state index contributed by atoms with van der Waals surface area (Å²) in [6.07, 6.45) is 3.80. The molecule has 1 saturated heterocycles. The van der Waals surface area contributed by atoms with Crippen LogP contribution in [0.25, 0.3) is 0 Å². The van der Waals surface area contributed by atoms with Crippen LogP contribution in [-0.4, -0.2) is 34.9 Å². The van der Waals surface area contributed by atoms with Gasteiger partial charge in [-0.3, -0.25) is 4.79 Å². The molecule has 2 rings (SSSR count). The van der Waals surface area contributed by atoms with Crippen LogP contribution in [0.5, 0.6) is 0 Å². The van der Waals surface area contributed by atoms with E-state index in [0.29, 0.717) is 17.9 Å². The fraction of sp³-hybridized carbons (Fsp3) is 0.500. The number of nitrogens with zero attached hydrogens (tertiary/aromatic N) is 2. The number of benzene rings is 1. The first-order valence-electron chi connectivity index (χ1n) is 7.44. The molecule has 1 atom stereocenters. The molecule has 0 aromatic heterocycles. The summed E-state index contributed by atoms with van der Waals surface area (Å²) in [6, 6.07) is 7.24. The zero-order valence-corrected chi connectivity index (χ0v) is 12.5. The quantitative estimate of drug-likeness (QED) is 0.386. The molecular weight excluding hydrogens is 266 g/mol. The van der Waals surface area contributed by atoms with Crippen molar-refractivity contribution in [2.75, 3.05) is 13.1 Å². The number of amides is 1. The number of oxime groups is 1. The number of amidine groups is 1. The van der Waals surface area contributed by atoms with Crippen molar-refractivity contribution in [2.45, 2.75) is 32.6 Å². The zero-order chi connectivity index (χ0) is 15.2. The van der Waals surface area contributed by atoms with Crippen LogP contribution in [0.4, 0.5) is 0 Å². The summed E-state index contributed by atoms with van der Waals surface area (Å²) in [7, 11) is 0. The maximum Gasteiger partial charge on any atom is 0.226 e. The average Bonchev–Trinajstić information content (AvgIpc) is 2.72. The van der Waals surface area contributed by atoms with Crippen LogP contribution in [0.15, 0.2) is 29.4 Å². The highest BCUT2D eigenvalue weighted by atomic mass is 16.4. The molecule has 1 fully saturated rings. The minimum Gasteiger partial charge on any atom is -0.409 e. The van der Waals surface area contributed by atoms with E-state index >= 15 is 0 Å². The van der Waals surface area contributed by atoms with E-state index < -0.39 is 0 Å². The Morgan fingerprint density at radius 3 is 2.71 bits per heavy atom. The Labute approximate surface area is 125 Å². The summed E-state index contributed by atoms with van der Waals surface area (Å²) in [4.78, 5) is 14.3. The Bertz CT molecular complexity index is 511. The van der Waals surface area contributed by atoms with E-state index in [4.69, 9.17) is 10.9 Å². The number of hydrogen-bond acceptors (Lipinski definition) is 3. The van der Waals surface area contributed by atoms with Crippen LogP contribution >= 0.6 is 0 Å². The van der Waals surface area contributed by atoms with Crippen LogP contribution in [-0.2, 0) is 11.2 Å². The first-order valence-corrected chi connectivity index (χ1v) is 7.44. The Morgan fingerprint density at radius 2 is 2.05 bits per heavy atom. The maximum absolute atomic E-state index is 12.3. The summed E-state index contributed by atoms with van der Waals surface area (Å²) < 4.78 is 0. The number of nitrogens with two attached hydrogens (primary N) is 1. The third-order valence-corrected chi connectivity index (χ3v) is 4.08. The maximum atomic E-state index is 12.3. The molecule has 1 aliphatic heterocycles. The largest absolute Gasteiger partial charge is 0.409 e. The second kappa shape index (κ2) is 7.11. The first kappa shape index (κ1) is 15.4. The van der Waals surface area contributed by atoms with Crippen LogP contribution in [0.3, 0.4) is 0 Å². The van der Waals surface area contributed by atoms with E-state index in [2.05, 4.69) is 12.1 Å². The van der Waals surface area contributed by atoms with Crippen molar-refractivity contribution >= 4 is 11.7 Å². The highest BCUT2D eigenvalue weighted by molar-refractivity contribution is 5.97. The Morgan fingerprint density at radius 1 is 1.33 bits per heavy atom. The summed E-state index contributed by atoms with van der Waals surface area (Å²) in [5.74, 6) is 0.970. The van der Waals surface area contributed by atoms with Crippen molar-refractivity contribution in [1.29, 1.82) is 0 Å². The van der Waals surface area contributed by atoms with Gasteiger partial charge in [0.1, 0.15) is 0 Å². The Hall–Kier alpha value is -2.04. The number of carbonyl (C=O) groups is 1. The van der Waals surface area contributed by atoms with Crippen molar-refractivity contribution in [2.24, 2.45) is 16.8 Å². The summed E-state index contributed by atoms with van der Waals surface area (Å²) in [6.45, 7) is 3.98. The van der Waals surface area contributed by atoms with E-state index in [1.807, 2.05) is 17.0 Å². The smallest absolute Gasteiger partial charge is 0.226 e. The van der Waals surface area contributed by atoms with Crippen molar-refractivity contribution in [3.63, 3.8) is 0 Å². The van der Waals surface area contributed by atoms with E-state index in [-0.39, 0.29) is 11.7 Å². The lowest BCUT2D eigenvalue weighted by atomic mass is 10.0. The van der Waals surface area contributed by atoms with Gasteiger partial charge in [0.25, 0.3) is 0 Å². The fourth-order valence-corrected chi connectivity index (χ4v) is 2.65. The Kier molecular flexibility index (Phi) is 5.20. The van der Waals surface area contributed by atoms with E-state index in [0.717, 1.165) is 31.5 Å². The minimum absolute atomic E-state index is 0.0781. The van der Waals surface area contributed by atoms with Gasteiger partial charge < -0.3 is 15.8 Å². The average molecular weight is 289 g/mol. The molecular formula is C16H23N3O2. The van der Waals surface area contributed by atoms with Gasteiger partial charge in [-0.25, -0.2) is 0 Å². The highest BCUT2D eigenvalue weighted by Gasteiger charge is 2.18. The van der Waals surface area contributed by atoms with Crippen LogP contribution in [0.2, 0.25) is 0 Å². The van der Waals surface area contributed by atoms with Gasteiger partial charge in [-0.1, -0.05) is 36.3 Å². The lowest BCUT2D eigenvalue weighted by Crippen LogP contribution is -2.33. The van der Waals surface area contributed by atoms with Gasteiger partial charge in [-0.15, -0.1) is 0 Å². The third-order valence-electron chi connectivity index (χ3n) is 4.08. The first-order chi connectivity index (χ1) is 10.1.